The van der Waals surface area contributed by atoms with Crippen molar-refractivity contribution in [2.45, 2.75) is 13.3 Å². The van der Waals surface area contributed by atoms with Gasteiger partial charge in [0.25, 0.3) is 5.91 Å². The van der Waals surface area contributed by atoms with E-state index in [4.69, 9.17) is 0 Å². The van der Waals surface area contributed by atoms with E-state index in [1.54, 1.807) is 31.5 Å². The highest BCUT2D eigenvalue weighted by atomic mass is 16.1. The maximum Gasteiger partial charge on any atom is 0.253 e. The molecule has 1 heterocycles. The van der Waals surface area contributed by atoms with Crippen molar-refractivity contribution < 1.29 is 4.79 Å². The molecular weight excluding hydrogens is 226 g/mol. The molecule has 4 nitrogen and oxygen atoms in total. The first-order valence-corrected chi connectivity index (χ1v) is 5.70. The summed E-state index contributed by atoms with van der Waals surface area (Å²) in [7, 11) is 0. The smallest absolute Gasteiger partial charge is 0.253 e. The Bertz CT molecular complexity index is 620. The normalized spacial score (nSPS) is 9.61. The lowest BCUT2D eigenvalue weighted by Gasteiger charge is -2.05. The fourth-order valence-electron chi connectivity index (χ4n) is 1.63. The summed E-state index contributed by atoms with van der Waals surface area (Å²) in [5.41, 5.74) is 1.89. The number of carbonyl (C=O) groups excluding carboxylic acids is 1. The van der Waals surface area contributed by atoms with Gasteiger partial charge in [-0.15, -0.1) is 11.8 Å². The maximum atomic E-state index is 12.0. The molecule has 0 aliphatic carbocycles. The number of nitrogens with zero attached hydrogens (tertiary/aromatic N) is 2. The number of aromatic nitrogens is 2. The standard InChI is InChI=1S/C14H13N3O/c1-2-3-4-8-17-14(18)11-6-5-7-12-13(11)16-10-9-15-12/h5-7,9-10H,4,8H2,1H3,(H,17,18). The maximum absolute atomic E-state index is 12.0. The Hall–Kier alpha value is -2.41. The van der Waals surface area contributed by atoms with Gasteiger partial charge < -0.3 is 5.32 Å². The van der Waals surface area contributed by atoms with Gasteiger partial charge in [0.2, 0.25) is 0 Å². The van der Waals surface area contributed by atoms with Crippen LogP contribution < -0.4 is 5.32 Å². The molecule has 0 saturated heterocycles. The Morgan fingerprint density at radius 2 is 2.17 bits per heavy atom. The number of amides is 1. The van der Waals surface area contributed by atoms with Gasteiger partial charge >= 0.3 is 0 Å². The first kappa shape index (κ1) is 12.1. The molecule has 0 saturated carbocycles. The molecule has 18 heavy (non-hydrogen) atoms. The summed E-state index contributed by atoms with van der Waals surface area (Å²) in [4.78, 5) is 20.4. The molecule has 1 aromatic heterocycles. The number of carbonyl (C=O) groups is 1. The third-order valence-electron chi connectivity index (χ3n) is 2.46. The molecule has 2 aromatic rings. The molecule has 0 aliphatic heterocycles. The van der Waals surface area contributed by atoms with Crippen molar-refractivity contribution >= 4 is 16.9 Å². The Morgan fingerprint density at radius 1 is 1.33 bits per heavy atom. The Morgan fingerprint density at radius 3 is 3.00 bits per heavy atom. The van der Waals surface area contributed by atoms with Gasteiger partial charge in [-0.25, -0.2) is 0 Å². The molecule has 0 aliphatic rings. The zero-order valence-electron chi connectivity index (χ0n) is 10.1. The minimum Gasteiger partial charge on any atom is -0.351 e. The van der Waals surface area contributed by atoms with Crippen molar-refractivity contribution in [2.75, 3.05) is 6.54 Å². The van der Waals surface area contributed by atoms with E-state index in [0.29, 0.717) is 24.0 Å². The molecule has 0 atom stereocenters. The first-order valence-electron chi connectivity index (χ1n) is 5.70. The topological polar surface area (TPSA) is 54.9 Å². The summed E-state index contributed by atoms with van der Waals surface area (Å²) >= 11 is 0. The number of hydrogen-bond donors (Lipinski definition) is 1. The lowest BCUT2D eigenvalue weighted by molar-refractivity contribution is 0.0956. The van der Waals surface area contributed by atoms with Crippen LogP contribution in [0.1, 0.15) is 23.7 Å². The first-order chi connectivity index (χ1) is 8.83. The third kappa shape index (κ3) is 2.64. The van der Waals surface area contributed by atoms with Crippen molar-refractivity contribution in [1.82, 2.24) is 15.3 Å². The second-order valence-corrected chi connectivity index (χ2v) is 3.66. The van der Waals surface area contributed by atoms with Crippen molar-refractivity contribution in [3.05, 3.63) is 36.2 Å². The lowest BCUT2D eigenvalue weighted by atomic mass is 10.1. The molecule has 0 unspecified atom stereocenters. The van der Waals surface area contributed by atoms with E-state index in [9.17, 15) is 4.79 Å². The minimum atomic E-state index is -0.140. The van der Waals surface area contributed by atoms with Gasteiger partial charge in [0.15, 0.2) is 0 Å². The summed E-state index contributed by atoms with van der Waals surface area (Å²) in [5.74, 6) is 5.55. The van der Waals surface area contributed by atoms with Crippen molar-refractivity contribution in [3.63, 3.8) is 0 Å². The fourth-order valence-corrected chi connectivity index (χ4v) is 1.63. The van der Waals surface area contributed by atoms with Gasteiger partial charge in [-0.05, 0) is 19.1 Å². The molecule has 1 amide bonds. The number of benzene rings is 1. The molecule has 1 N–H and O–H groups in total. The van der Waals surface area contributed by atoms with Crippen molar-refractivity contribution in [1.29, 1.82) is 0 Å². The van der Waals surface area contributed by atoms with Crippen LogP contribution in [0.25, 0.3) is 11.0 Å². The van der Waals surface area contributed by atoms with Crippen LogP contribution in [0.4, 0.5) is 0 Å². The molecule has 4 heteroatoms. The quantitative estimate of drug-likeness (QED) is 0.656. The van der Waals surface area contributed by atoms with E-state index < -0.39 is 0 Å². The second kappa shape index (κ2) is 5.78. The SMILES string of the molecule is CC#CCCNC(=O)c1cccc2nccnc12. The van der Waals surface area contributed by atoms with E-state index in [1.807, 2.05) is 6.07 Å². The molecule has 90 valence electrons. The molecule has 1 aromatic carbocycles. The summed E-state index contributed by atoms with van der Waals surface area (Å²) in [5, 5.41) is 2.82. The monoisotopic (exact) mass is 239 g/mol. The zero-order chi connectivity index (χ0) is 12.8. The van der Waals surface area contributed by atoms with Gasteiger partial charge in [-0.1, -0.05) is 6.07 Å². The number of para-hydroxylation sites is 1. The second-order valence-electron chi connectivity index (χ2n) is 3.66. The van der Waals surface area contributed by atoms with Crippen LogP contribution >= 0.6 is 0 Å². The van der Waals surface area contributed by atoms with E-state index >= 15 is 0 Å². The average molecular weight is 239 g/mol. The van der Waals surface area contributed by atoms with Crippen LogP contribution in [-0.4, -0.2) is 22.4 Å². The van der Waals surface area contributed by atoms with Crippen molar-refractivity contribution in [2.24, 2.45) is 0 Å². The van der Waals surface area contributed by atoms with E-state index in [2.05, 4.69) is 27.1 Å². The largest absolute Gasteiger partial charge is 0.351 e. The van der Waals surface area contributed by atoms with Crippen LogP contribution in [0.2, 0.25) is 0 Å². The van der Waals surface area contributed by atoms with Crippen LogP contribution in [0.3, 0.4) is 0 Å². The van der Waals surface area contributed by atoms with E-state index in [0.717, 1.165) is 5.52 Å². The van der Waals surface area contributed by atoms with Crippen molar-refractivity contribution in [3.8, 4) is 11.8 Å². The zero-order valence-corrected chi connectivity index (χ0v) is 10.1. The highest BCUT2D eigenvalue weighted by Crippen LogP contribution is 2.13. The van der Waals surface area contributed by atoms with E-state index in [-0.39, 0.29) is 5.91 Å². The van der Waals surface area contributed by atoms with E-state index in [1.165, 1.54) is 0 Å². The number of hydrogen-bond acceptors (Lipinski definition) is 3. The highest BCUT2D eigenvalue weighted by Gasteiger charge is 2.10. The fraction of sp³-hybridized carbons (Fsp3) is 0.214. The van der Waals surface area contributed by atoms with Gasteiger partial charge in [0.1, 0.15) is 5.52 Å². The molecule has 2 rings (SSSR count). The molecule has 0 radical (unpaired) electrons. The van der Waals surface area contributed by atoms with Gasteiger partial charge in [-0.2, -0.15) is 0 Å². The average Bonchev–Trinajstić information content (AvgIpc) is 2.43. The van der Waals surface area contributed by atoms with Gasteiger partial charge in [-0.3, -0.25) is 14.8 Å². The molecule has 0 fully saturated rings. The van der Waals surface area contributed by atoms with Gasteiger partial charge in [0.05, 0.1) is 11.1 Å². The number of fused-ring (bicyclic) bond motifs is 1. The molecule has 0 spiro atoms. The predicted octanol–water partition coefficient (Wildman–Crippen LogP) is 1.77. The summed E-state index contributed by atoms with van der Waals surface area (Å²) < 4.78 is 0. The van der Waals surface area contributed by atoms with Crippen LogP contribution in [-0.2, 0) is 0 Å². The van der Waals surface area contributed by atoms with Crippen LogP contribution in [0.15, 0.2) is 30.6 Å². The van der Waals surface area contributed by atoms with Crippen LogP contribution in [0.5, 0.6) is 0 Å². The van der Waals surface area contributed by atoms with Gasteiger partial charge in [0, 0.05) is 25.4 Å². The third-order valence-corrected chi connectivity index (χ3v) is 2.46. The molecule has 0 bridgehead atoms. The Balaban J connectivity index is 2.19. The Labute approximate surface area is 105 Å². The minimum absolute atomic E-state index is 0.140. The number of nitrogens with one attached hydrogen (secondary N) is 1. The Kier molecular flexibility index (Phi) is 3.87. The number of rotatable bonds is 3. The lowest BCUT2D eigenvalue weighted by Crippen LogP contribution is -2.24. The predicted molar refractivity (Wildman–Crippen MR) is 69.9 cm³/mol. The highest BCUT2D eigenvalue weighted by molar-refractivity contribution is 6.04. The molecular formula is C14H13N3O. The van der Waals surface area contributed by atoms with Crippen LogP contribution in [0, 0.1) is 11.8 Å². The summed E-state index contributed by atoms with van der Waals surface area (Å²) in [6.45, 7) is 2.32. The summed E-state index contributed by atoms with van der Waals surface area (Å²) in [6, 6.07) is 5.39. The summed E-state index contributed by atoms with van der Waals surface area (Å²) in [6.07, 6.45) is 3.85.